The Hall–Kier alpha value is -2.57. The van der Waals surface area contributed by atoms with E-state index in [9.17, 15) is 14.4 Å². The first kappa shape index (κ1) is 20.2. The van der Waals surface area contributed by atoms with Crippen molar-refractivity contribution in [3.05, 3.63) is 29.8 Å². The molecule has 0 spiro atoms. The van der Waals surface area contributed by atoms with Gasteiger partial charge in [-0.15, -0.1) is 0 Å². The Morgan fingerprint density at radius 3 is 2.39 bits per heavy atom. The standard InChI is InChI=1S/C21H28N2O5/c1-3-28-21(26)16-8-10-22(11-9-16)20(25)17-12-19(24)23(14-17)13-15-4-6-18(27-2)7-5-15/h4-7,16-17H,3,8-14H2,1-2H3. The Balaban J connectivity index is 1.51. The van der Waals surface area contributed by atoms with Crippen LogP contribution in [0.2, 0.25) is 0 Å². The summed E-state index contributed by atoms with van der Waals surface area (Å²) in [5, 5.41) is 0. The molecule has 0 aliphatic carbocycles. The molecule has 7 heteroatoms. The van der Waals surface area contributed by atoms with Gasteiger partial charge < -0.3 is 19.3 Å². The summed E-state index contributed by atoms with van der Waals surface area (Å²) in [6, 6.07) is 7.60. The molecule has 2 aliphatic heterocycles. The highest BCUT2D eigenvalue weighted by atomic mass is 16.5. The van der Waals surface area contributed by atoms with Crippen molar-refractivity contribution in [2.24, 2.45) is 11.8 Å². The molecule has 152 valence electrons. The monoisotopic (exact) mass is 388 g/mol. The number of methoxy groups -OCH3 is 1. The van der Waals surface area contributed by atoms with Crippen LogP contribution in [0.3, 0.4) is 0 Å². The molecule has 0 radical (unpaired) electrons. The number of amides is 2. The van der Waals surface area contributed by atoms with Crippen molar-refractivity contribution in [1.82, 2.24) is 9.80 Å². The summed E-state index contributed by atoms with van der Waals surface area (Å²) in [6.07, 6.45) is 1.51. The topological polar surface area (TPSA) is 76.2 Å². The van der Waals surface area contributed by atoms with Gasteiger partial charge in [0.15, 0.2) is 0 Å². The van der Waals surface area contributed by atoms with E-state index in [1.807, 2.05) is 24.3 Å². The fourth-order valence-corrected chi connectivity index (χ4v) is 3.90. The Kier molecular flexibility index (Phi) is 6.54. The molecule has 0 saturated carbocycles. The molecule has 2 fully saturated rings. The highest BCUT2D eigenvalue weighted by Gasteiger charge is 2.38. The van der Waals surface area contributed by atoms with Gasteiger partial charge in [0.1, 0.15) is 5.75 Å². The van der Waals surface area contributed by atoms with Gasteiger partial charge in [0.05, 0.1) is 25.6 Å². The Labute approximate surface area is 165 Å². The van der Waals surface area contributed by atoms with Crippen molar-refractivity contribution in [2.75, 3.05) is 33.4 Å². The Bertz CT molecular complexity index is 710. The number of esters is 1. The molecule has 1 aromatic rings. The average molecular weight is 388 g/mol. The molecule has 3 rings (SSSR count). The lowest BCUT2D eigenvalue weighted by molar-refractivity contribution is -0.151. The molecule has 1 atom stereocenters. The summed E-state index contributed by atoms with van der Waals surface area (Å²) < 4.78 is 10.2. The zero-order valence-corrected chi connectivity index (χ0v) is 16.6. The summed E-state index contributed by atoms with van der Waals surface area (Å²) in [4.78, 5) is 40.6. The molecule has 0 aromatic heterocycles. The number of hydrogen-bond acceptors (Lipinski definition) is 5. The summed E-state index contributed by atoms with van der Waals surface area (Å²) >= 11 is 0. The number of rotatable bonds is 6. The number of ether oxygens (including phenoxy) is 2. The second kappa shape index (κ2) is 9.08. The molecule has 1 aromatic carbocycles. The molecular weight excluding hydrogens is 360 g/mol. The van der Waals surface area contributed by atoms with Gasteiger partial charge in [0.2, 0.25) is 11.8 Å². The first-order valence-electron chi connectivity index (χ1n) is 9.88. The van der Waals surface area contributed by atoms with Gasteiger partial charge >= 0.3 is 5.97 Å². The Morgan fingerprint density at radius 2 is 1.79 bits per heavy atom. The van der Waals surface area contributed by atoms with Crippen LogP contribution in [0.4, 0.5) is 0 Å². The van der Waals surface area contributed by atoms with Gasteiger partial charge in [-0.2, -0.15) is 0 Å². The largest absolute Gasteiger partial charge is 0.497 e. The first-order chi connectivity index (χ1) is 13.5. The zero-order chi connectivity index (χ0) is 20.1. The van der Waals surface area contributed by atoms with Crippen LogP contribution in [-0.4, -0.2) is 60.9 Å². The van der Waals surface area contributed by atoms with Crippen LogP contribution in [0.25, 0.3) is 0 Å². The lowest BCUT2D eigenvalue weighted by atomic mass is 9.95. The van der Waals surface area contributed by atoms with E-state index in [-0.39, 0.29) is 36.0 Å². The number of likely N-dealkylation sites (tertiary alicyclic amines) is 2. The molecule has 28 heavy (non-hydrogen) atoms. The van der Waals surface area contributed by atoms with Crippen LogP contribution in [-0.2, 0) is 25.7 Å². The van der Waals surface area contributed by atoms with Gasteiger partial charge in [-0.1, -0.05) is 12.1 Å². The van der Waals surface area contributed by atoms with Crippen LogP contribution in [0.5, 0.6) is 5.75 Å². The van der Waals surface area contributed by atoms with Crippen LogP contribution >= 0.6 is 0 Å². The number of nitrogens with zero attached hydrogens (tertiary/aromatic N) is 2. The fourth-order valence-electron chi connectivity index (χ4n) is 3.90. The summed E-state index contributed by atoms with van der Waals surface area (Å²) in [5.74, 6) is 0.209. The number of hydrogen-bond donors (Lipinski definition) is 0. The van der Waals surface area contributed by atoms with Crippen molar-refractivity contribution >= 4 is 17.8 Å². The average Bonchev–Trinajstić information content (AvgIpc) is 3.08. The van der Waals surface area contributed by atoms with Crippen LogP contribution < -0.4 is 4.74 Å². The second-order valence-corrected chi connectivity index (χ2v) is 7.37. The van der Waals surface area contributed by atoms with E-state index in [4.69, 9.17) is 9.47 Å². The van der Waals surface area contributed by atoms with Crippen molar-refractivity contribution in [3.8, 4) is 5.75 Å². The number of piperidine rings is 1. The van der Waals surface area contributed by atoms with E-state index in [0.29, 0.717) is 45.6 Å². The molecule has 2 aliphatic rings. The van der Waals surface area contributed by atoms with Crippen molar-refractivity contribution in [2.45, 2.75) is 32.7 Å². The van der Waals surface area contributed by atoms with Gasteiger partial charge in [-0.25, -0.2) is 0 Å². The van der Waals surface area contributed by atoms with Crippen LogP contribution in [0, 0.1) is 11.8 Å². The fraction of sp³-hybridized carbons (Fsp3) is 0.571. The minimum atomic E-state index is -0.301. The molecule has 0 bridgehead atoms. The first-order valence-corrected chi connectivity index (χ1v) is 9.88. The predicted octanol–water partition coefficient (Wildman–Crippen LogP) is 1.85. The quantitative estimate of drug-likeness (QED) is 0.695. The van der Waals surface area contributed by atoms with Crippen LogP contribution in [0.15, 0.2) is 24.3 Å². The van der Waals surface area contributed by atoms with E-state index in [1.54, 1.807) is 23.8 Å². The normalized spacial score (nSPS) is 20.4. The third-order valence-corrected chi connectivity index (χ3v) is 5.52. The van der Waals surface area contributed by atoms with Gasteiger partial charge in [-0.3, -0.25) is 14.4 Å². The van der Waals surface area contributed by atoms with E-state index in [0.717, 1.165) is 11.3 Å². The maximum atomic E-state index is 12.8. The van der Waals surface area contributed by atoms with Gasteiger partial charge in [0.25, 0.3) is 0 Å². The Morgan fingerprint density at radius 1 is 1.11 bits per heavy atom. The van der Waals surface area contributed by atoms with Crippen molar-refractivity contribution < 1.29 is 23.9 Å². The van der Waals surface area contributed by atoms with E-state index in [2.05, 4.69) is 0 Å². The number of benzene rings is 1. The number of carbonyl (C=O) groups is 3. The molecule has 2 heterocycles. The van der Waals surface area contributed by atoms with Gasteiger partial charge in [-0.05, 0) is 37.5 Å². The van der Waals surface area contributed by atoms with Crippen molar-refractivity contribution in [1.29, 1.82) is 0 Å². The van der Waals surface area contributed by atoms with Crippen molar-refractivity contribution in [3.63, 3.8) is 0 Å². The van der Waals surface area contributed by atoms with E-state index < -0.39 is 0 Å². The third kappa shape index (κ3) is 4.64. The third-order valence-electron chi connectivity index (χ3n) is 5.52. The predicted molar refractivity (Wildman–Crippen MR) is 102 cm³/mol. The highest BCUT2D eigenvalue weighted by molar-refractivity contribution is 5.89. The number of carbonyl (C=O) groups excluding carboxylic acids is 3. The molecule has 1 unspecified atom stereocenters. The maximum absolute atomic E-state index is 12.8. The second-order valence-electron chi connectivity index (χ2n) is 7.37. The molecular formula is C21H28N2O5. The summed E-state index contributed by atoms with van der Waals surface area (Å²) in [6.45, 7) is 4.22. The lowest BCUT2D eigenvalue weighted by Crippen LogP contribution is -2.44. The summed E-state index contributed by atoms with van der Waals surface area (Å²) in [5.41, 5.74) is 1.01. The zero-order valence-electron chi connectivity index (χ0n) is 16.6. The van der Waals surface area contributed by atoms with E-state index in [1.165, 1.54) is 0 Å². The smallest absolute Gasteiger partial charge is 0.309 e. The maximum Gasteiger partial charge on any atom is 0.309 e. The minimum Gasteiger partial charge on any atom is -0.497 e. The molecule has 2 saturated heterocycles. The SMILES string of the molecule is CCOC(=O)C1CCN(C(=O)C2CC(=O)N(Cc3ccc(OC)cc3)C2)CC1. The highest BCUT2D eigenvalue weighted by Crippen LogP contribution is 2.26. The minimum absolute atomic E-state index is 0.00979. The molecule has 2 amide bonds. The molecule has 7 nitrogen and oxygen atoms in total. The van der Waals surface area contributed by atoms with Gasteiger partial charge in [0, 0.05) is 32.6 Å². The lowest BCUT2D eigenvalue weighted by Gasteiger charge is -2.32. The van der Waals surface area contributed by atoms with Crippen LogP contribution in [0.1, 0.15) is 31.7 Å². The summed E-state index contributed by atoms with van der Waals surface area (Å²) in [7, 11) is 1.62. The molecule has 0 N–H and O–H groups in total. The van der Waals surface area contributed by atoms with E-state index >= 15 is 0 Å².